The number of nitrogens with zero attached hydrogens (tertiary/aromatic N) is 1. The Hall–Kier alpha value is -1.46. The molecule has 0 spiro atoms. The number of carbonyl (C=O) groups excluding carboxylic acids is 1. The zero-order chi connectivity index (χ0) is 14.7. The monoisotopic (exact) mass is 303 g/mol. The van der Waals surface area contributed by atoms with E-state index < -0.39 is 0 Å². The van der Waals surface area contributed by atoms with Crippen LogP contribution < -0.4 is 10.6 Å². The van der Waals surface area contributed by atoms with Gasteiger partial charge in [0.05, 0.1) is 20.8 Å². The average Bonchev–Trinajstić information content (AvgIpc) is 3.14. The maximum atomic E-state index is 12.4. The number of thiazole rings is 1. The summed E-state index contributed by atoms with van der Waals surface area (Å²) >= 11 is 1.71. The van der Waals surface area contributed by atoms with Crippen LogP contribution in [0.2, 0.25) is 0 Å². The molecule has 0 radical (unpaired) electrons. The van der Waals surface area contributed by atoms with Crippen LogP contribution in [0, 0.1) is 0 Å². The van der Waals surface area contributed by atoms with Gasteiger partial charge >= 0.3 is 0 Å². The lowest BCUT2D eigenvalue weighted by Gasteiger charge is -2.26. The van der Waals surface area contributed by atoms with E-state index in [4.69, 9.17) is 0 Å². The molecule has 1 aliphatic heterocycles. The Labute approximate surface area is 129 Å². The summed E-state index contributed by atoms with van der Waals surface area (Å²) in [4.78, 5) is 17.0. The predicted octanol–water partition coefficient (Wildman–Crippen LogP) is 2.49. The number of hydrogen-bond acceptors (Lipinski definition) is 4. The van der Waals surface area contributed by atoms with Crippen LogP contribution in [0.4, 0.5) is 0 Å². The van der Waals surface area contributed by atoms with Gasteiger partial charge < -0.3 is 10.6 Å². The van der Waals surface area contributed by atoms with Crippen molar-refractivity contribution in [1.82, 2.24) is 15.6 Å². The van der Waals surface area contributed by atoms with Crippen molar-refractivity contribution in [3.63, 3.8) is 0 Å². The van der Waals surface area contributed by atoms with E-state index >= 15 is 0 Å². The lowest BCUT2D eigenvalue weighted by atomic mass is 9.93. The molecule has 1 fully saturated rings. The Morgan fingerprint density at radius 1 is 1.48 bits per heavy atom. The van der Waals surface area contributed by atoms with Crippen LogP contribution in [0.3, 0.4) is 0 Å². The Morgan fingerprint density at radius 3 is 3.05 bits per heavy atom. The summed E-state index contributed by atoms with van der Waals surface area (Å²) in [7, 11) is 0. The van der Waals surface area contributed by atoms with Gasteiger partial charge in [-0.2, -0.15) is 0 Å². The molecule has 1 saturated heterocycles. The van der Waals surface area contributed by atoms with Gasteiger partial charge in [0.2, 0.25) is 5.91 Å². The van der Waals surface area contributed by atoms with E-state index in [-0.39, 0.29) is 11.4 Å². The second-order valence-electron chi connectivity index (χ2n) is 5.55. The second kappa shape index (κ2) is 6.12. The highest BCUT2D eigenvalue weighted by molar-refractivity contribution is 7.18. The molecule has 2 heterocycles. The first kappa shape index (κ1) is 14.5. The summed E-state index contributed by atoms with van der Waals surface area (Å²) in [6, 6.07) is 8.15. The van der Waals surface area contributed by atoms with E-state index in [1.165, 1.54) is 4.70 Å². The second-order valence-corrected chi connectivity index (χ2v) is 6.66. The van der Waals surface area contributed by atoms with Crippen molar-refractivity contribution in [3.05, 3.63) is 29.3 Å². The third kappa shape index (κ3) is 2.94. The van der Waals surface area contributed by atoms with Crippen LogP contribution >= 0.6 is 11.3 Å². The molecule has 1 aliphatic rings. The van der Waals surface area contributed by atoms with E-state index in [1.54, 1.807) is 11.3 Å². The molecule has 4 nitrogen and oxygen atoms in total. The Bertz CT molecular complexity index is 598. The minimum atomic E-state index is -0.340. The number of amides is 1. The molecule has 1 amide bonds. The Kier molecular flexibility index (Phi) is 4.22. The lowest BCUT2D eigenvalue weighted by Crippen LogP contribution is -2.53. The van der Waals surface area contributed by atoms with Gasteiger partial charge in [0, 0.05) is 13.0 Å². The summed E-state index contributed by atoms with van der Waals surface area (Å²) in [6.45, 7) is 3.67. The number of fused-ring (bicyclic) bond motifs is 1. The summed E-state index contributed by atoms with van der Waals surface area (Å²) in [5.41, 5.74) is 0.708. The largest absolute Gasteiger partial charge is 0.354 e. The summed E-state index contributed by atoms with van der Waals surface area (Å²) in [5, 5.41) is 7.52. The van der Waals surface area contributed by atoms with Crippen molar-refractivity contribution in [2.24, 2.45) is 0 Å². The highest BCUT2D eigenvalue weighted by Crippen LogP contribution is 2.24. The molecule has 1 unspecified atom stereocenters. The molecule has 112 valence electrons. The molecule has 1 aromatic carbocycles. The molecule has 0 saturated carbocycles. The van der Waals surface area contributed by atoms with Crippen LogP contribution in [0.25, 0.3) is 10.2 Å². The van der Waals surface area contributed by atoms with Gasteiger partial charge in [0.25, 0.3) is 0 Å². The Balaban J connectivity index is 1.57. The van der Waals surface area contributed by atoms with Gasteiger partial charge in [-0.05, 0) is 37.9 Å². The van der Waals surface area contributed by atoms with Gasteiger partial charge in [-0.1, -0.05) is 19.1 Å². The third-order valence-electron chi connectivity index (χ3n) is 4.24. The van der Waals surface area contributed by atoms with Gasteiger partial charge in [-0.3, -0.25) is 4.79 Å². The molecule has 0 bridgehead atoms. The smallest absolute Gasteiger partial charge is 0.240 e. The zero-order valence-corrected chi connectivity index (χ0v) is 13.1. The third-order valence-corrected chi connectivity index (χ3v) is 5.34. The topological polar surface area (TPSA) is 54.0 Å². The maximum absolute atomic E-state index is 12.4. The SMILES string of the molecule is CCC1(C(=O)NCCc2nc3ccccc3s2)CCCN1. The number of benzene rings is 1. The summed E-state index contributed by atoms with van der Waals surface area (Å²) < 4.78 is 1.21. The number of hydrogen-bond donors (Lipinski definition) is 2. The Morgan fingerprint density at radius 2 is 2.33 bits per heavy atom. The van der Waals surface area contributed by atoms with Gasteiger partial charge in [-0.25, -0.2) is 4.98 Å². The number of para-hydroxylation sites is 1. The number of rotatable bonds is 5. The van der Waals surface area contributed by atoms with Crippen LogP contribution in [-0.2, 0) is 11.2 Å². The highest BCUT2D eigenvalue weighted by atomic mass is 32.1. The van der Waals surface area contributed by atoms with E-state index in [0.717, 1.165) is 42.8 Å². The molecule has 0 aliphatic carbocycles. The molecular formula is C16H21N3OS. The summed E-state index contributed by atoms with van der Waals surface area (Å²) in [5.74, 6) is 0.142. The molecule has 3 rings (SSSR count). The van der Waals surface area contributed by atoms with E-state index in [1.807, 2.05) is 18.2 Å². The van der Waals surface area contributed by atoms with Crippen molar-refractivity contribution < 1.29 is 4.79 Å². The first-order valence-electron chi connectivity index (χ1n) is 7.61. The first-order valence-corrected chi connectivity index (χ1v) is 8.43. The summed E-state index contributed by atoms with van der Waals surface area (Å²) in [6.07, 6.45) is 3.67. The minimum Gasteiger partial charge on any atom is -0.354 e. The number of carbonyl (C=O) groups is 1. The zero-order valence-electron chi connectivity index (χ0n) is 12.3. The van der Waals surface area contributed by atoms with Gasteiger partial charge in [-0.15, -0.1) is 11.3 Å². The number of nitrogens with one attached hydrogen (secondary N) is 2. The van der Waals surface area contributed by atoms with E-state index in [2.05, 4.69) is 28.6 Å². The molecule has 2 N–H and O–H groups in total. The molecule has 1 aromatic heterocycles. The fraction of sp³-hybridized carbons (Fsp3) is 0.500. The fourth-order valence-corrected chi connectivity index (χ4v) is 3.91. The molecular weight excluding hydrogens is 282 g/mol. The lowest BCUT2D eigenvalue weighted by molar-refractivity contribution is -0.127. The highest BCUT2D eigenvalue weighted by Gasteiger charge is 2.38. The minimum absolute atomic E-state index is 0.142. The molecule has 21 heavy (non-hydrogen) atoms. The standard InChI is InChI=1S/C16H21N3OS/c1-2-16(9-5-10-18-16)15(20)17-11-8-14-19-12-6-3-4-7-13(12)21-14/h3-4,6-7,18H,2,5,8-11H2,1H3,(H,17,20). The van der Waals surface area contributed by atoms with Crippen molar-refractivity contribution in [2.75, 3.05) is 13.1 Å². The average molecular weight is 303 g/mol. The fourth-order valence-electron chi connectivity index (χ4n) is 2.94. The predicted molar refractivity (Wildman–Crippen MR) is 86.6 cm³/mol. The van der Waals surface area contributed by atoms with Crippen molar-refractivity contribution in [2.45, 2.75) is 38.1 Å². The molecule has 1 atom stereocenters. The maximum Gasteiger partial charge on any atom is 0.240 e. The van der Waals surface area contributed by atoms with Crippen LogP contribution in [0.1, 0.15) is 31.2 Å². The van der Waals surface area contributed by atoms with Crippen LogP contribution in [0.15, 0.2) is 24.3 Å². The van der Waals surface area contributed by atoms with Crippen molar-refractivity contribution >= 4 is 27.5 Å². The van der Waals surface area contributed by atoms with Crippen LogP contribution in [-0.4, -0.2) is 29.5 Å². The van der Waals surface area contributed by atoms with E-state index in [9.17, 15) is 4.79 Å². The molecule has 5 heteroatoms. The van der Waals surface area contributed by atoms with Gasteiger partial charge in [0.1, 0.15) is 0 Å². The quantitative estimate of drug-likeness (QED) is 0.892. The van der Waals surface area contributed by atoms with Crippen molar-refractivity contribution in [3.8, 4) is 0 Å². The normalized spacial score (nSPS) is 21.8. The van der Waals surface area contributed by atoms with Crippen LogP contribution in [0.5, 0.6) is 0 Å². The van der Waals surface area contributed by atoms with E-state index in [0.29, 0.717) is 6.54 Å². The molecule has 2 aromatic rings. The number of aromatic nitrogens is 1. The van der Waals surface area contributed by atoms with Crippen molar-refractivity contribution in [1.29, 1.82) is 0 Å². The first-order chi connectivity index (χ1) is 10.2. The van der Waals surface area contributed by atoms with Gasteiger partial charge in [0.15, 0.2) is 0 Å².